The molecule has 2 fully saturated rings. The molecule has 0 aromatic heterocycles. The smallest absolute Gasteiger partial charge is 0.306 e. The molecule has 0 radical (unpaired) electrons. The summed E-state index contributed by atoms with van der Waals surface area (Å²) in [5.41, 5.74) is -1.08. The summed E-state index contributed by atoms with van der Waals surface area (Å²) < 4.78 is 0. The van der Waals surface area contributed by atoms with Gasteiger partial charge >= 0.3 is 11.9 Å². The van der Waals surface area contributed by atoms with E-state index in [4.69, 9.17) is 10.2 Å². The Balaban J connectivity index is 2.13. The summed E-state index contributed by atoms with van der Waals surface area (Å²) in [6, 6.07) is 0. The molecule has 0 saturated heterocycles. The summed E-state index contributed by atoms with van der Waals surface area (Å²) in [6.45, 7) is 0. The lowest BCUT2D eigenvalue weighted by atomic mass is 9.62. The van der Waals surface area contributed by atoms with Crippen LogP contribution in [0.5, 0.6) is 0 Å². The number of rotatable bonds is 2. The first-order valence-corrected chi connectivity index (χ1v) is 5.57. The quantitative estimate of drug-likeness (QED) is 0.647. The van der Waals surface area contributed by atoms with Crippen molar-refractivity contribution in [2.24, 2.45) is 17.8 Å². The minimum atomic E-state index is -1.08. The highest BCUT2D eigenvalue weighted by atomic mass is 16.4. The molecule has 2 aliphatic rings. The molecule has 0 aliphatic heterocycles. The minimum Gasteiger partial charge on any atom is -0.481 e. The average molecular weight is 228 g/mol. The monoisotopic (exact) mass is 228 g/mol. The average Bonchev–Trinajstić information content (AvgIpc) is 2.14. The van der Waals surface area contributed by atoms with Crippen molar-refractivity contribution < 1.29 is 24.9 Å². The highest BCUT2D eigenvalue weighted by molar-refractivity contribution is 5.72. The van der Waals surface area contributed by atoms with Gasteiger partial charge in [0.2, 0.25) is 0 Å². The molecule has 2 atom stereocenters. The van der Waals surface area contributed by atoms with Gasteiger partial charge in [-0.05, 0) is 38.0 Å². The summed E-state index contributed by atoms with van der Waals surface area (Å²) in [5, 5.41) is 28.1. The van der Waals surface area contributed by atoms with Crippen LogP contribution in [0.4, 0.5) is 0 Å². The van der Waals surface area contributed by atoms with Gasteiger partial charge < -0.3 is 15.3 Å². The Kier molecular flexibility index (Phi) is 2.66. The van der Waals surface area contributed by atoms with Gasteiger partial charge in [-0.1, -0.05) is 0 Å². The maximum atomic E-state index is 10.9. The molecule has 2 unspecified atom stereocenters. The number of carboxylic acids is 2. The molecule has 3 N–H and O–H groups in total. The number of aliphatic hydroxyl groups is 1. The third kappa shape index (κ3) is 2.04. The molecule has 0 aromatic carbocycles. The predicted molar refractivity (Wildman–Crippen MR) is 53.8 cm³/mol. The zero-order valence-electron chi connectivity index (χ0n) is 8.93. The Morgan fingerprint density at radius 3 is 1.69 bits per heavy atom. The summed E-state index contributed by atoms with van der Waals surface area (Å²) in [5.74, 6) is -2.75. The van der Waals surface area contributed by atoms with Crippen molar-refractivity contribution in [1.82, 2.24) is 0 Å². The highest BCUT2D eigenvalue weighted by Crippen LogP contribution is 2.47. The Labute approximate surface area is 93.1 Å². The van der Waals surface area contributed by atoms with Crippen LogP contribution in [0.25, 0.3) is 0 Å². The minimum absolute atomic E-state index is 0.0368. The molecule has 5 heteroatoms. The summed E-state index contributed by atoms with van der Waals surface area (Å²) in [4.78, 5) is 21.8. The molecule has 0 amide bonds. The SMILES string of the molecule is O=C(O)C1CC2CC(C(=O)O)CC(O)(C2)C1. The third-order valence-electron chi connectivity index (χ3n) is 3.86. The first-order valence-electron chi connectivity index (χ1n) is 5.57. The molecule has 5 nitrogen and oxygen atoms in total. The van der Waals surface area contributed by atoms with E-state index in [1.54, 1.807) is 0 Å². The van der Waals surface area contributed by atoms with Gasteiger partial charge in [-0.15, -0.1) is 0 Å². The van der Waals surface area contributed by atoms with E-state index >= 15 is 0 Å². The second kappa shape index (κ2) is 3.73. The van der Waals surface area contributed by atoms with Gasteiger partial charge in [0.05, 0.1) is 17.4 Å². The van der Waals surface area contributed by atoms with E-state index in [1.807, 2.05) is 0 Å². The topological polar surface area (TPSA) is 94.8 Å². The number of hydrogen-bond acceptors (Lipinski definition) is 3. The normalized spacial score (nSPS) is 42.7. The maximum Gasteiger partial charge on any atom is 0.306 e. The standard InChI is InChI=1S/C11H16O5/c12-9(13)7-1-6-2-8(10(14)15)5-11(16,3-6)4-7/h6-8,16H,1-5H2,(H,12,13)(H,14,15). The van der Waals surface area contributed by atoms with Gasteiger partial charge in [-0.2, -0.15) is 0 Å². The fourth-order valence-corrected chi connectivity index (χ4v) is 3.32. The van der Waals surface area contributed by atoms with Crippen molar-refractivity contribution in [3.05, 3.63) is 0 Å². The molecule has 0 aromatic rings. The Bertz CT molecular complexity index is 298. The van der Waals surface area contributed by atoms with Gasteiger partial charge in [-0.25, -0.2) is 0 Å². The zero-order valence-corrected chi connectivity index (χ0v) is 8.93. The Hall–Kier alpha value is -1.10. The van der Waals surface area contributed by atoms with E-state index in [0.717, 1.165) is 0 Å². The largest absolute Gasteiger partial charge is 0.481 e. The van der Waals surface area contributed by atoms with Crippen LogP contribution in [0.1, 0.15) is 32.1 Å². The van der Waals surface area contributed by atoms with Crippen LogP contribution in [-0.2, 0) is 9.59 Å². The molecular weight excluding hydrogens is 212 g/mol. The second-order valence-electron chi connectivity index (χ2n) is 5.24. The van der Waals surface area contributed by atoms with Crippen LogP contribution in [-0.4, -0.2) is 32.9 Å². The molecule has 2 aliphatic carbocycles. The van der Waals surface area contributed by atoms with E-state index in [-0.39, 0.29) is 18.8 Å². The summed E-state index contributed by atoms with van der Waals surface area (Å²) >= 11 is 0. The van der Waals surface area contributed by atoms with Gasteiger partial charge in [0.15, 0.2) is 0 Å². The van der Waals surface area contributed by atoms with Crippen LogP contribution < -0.4 is 0 Å². The van der Waals surface area contributed by atoms with Crippen LogP contribution in [0.2, 0.25) is 0 Å². The van der Waals surface area contributed by atoms with Crippen LogP contribution in [0.15, 0.2) is 0 Å². The summed E-state index contributed by atoms with van der Waals surface area (Å²) in [7, 11) is 0. The number of aliphatic carboxylic acids is 2. The number of hydrogen-bond donors (Lipinski definition) is 3. The van der Waals surface area contributed by atoms with Crippen LogP contribution in [0.3, 0.4) is 0 Å². The fraction of sp³-hybridized carbons (Fsp3) is 0.818. The van der Waals surface area contributed by atoms with Crippen molar-refractivity contribution >= 4 is 11.9 Å². The van der Waals surface area contributed by atoms with E-state index < -0.39 is 29.4 Å². The number of fused-ring (bicyclic) bond motifs is 2. The van der Waals surface area contributed by atoms with Crippen molar-refractivity contribution in [3.8, 4) is 0 Å². The van der Waals surface area contributed by atoms with Gasteiger partial charge in [-0.3, -0.25) is 9.59 Å². The molecule has 90 valence electrons. The Morgan fingerprint density at radius 2 is 1.38 bits per heavy atom. The van der Waals surface area contributed by atoms with Crippen molar-refractivity contribution in [2.75, 3.05) is 0 Å². The van der Waals surface area contributed by atoms with E-state index in [0.29, 0.717) is 19.3 Å². The van der Waals surface area contributed by atoms with Crippen molar-refractivity contribution in [1.29, 1.82) is 0 Å². The summed E-state index contributed by atoms with van der Waals surface area (Å²) in [6.07, 6.45) is 1.95. The first-order chi connectivity index (χ1) is 7.39. The highest BCUT2D eigenvalue weighted by Gasteiger charge is 2.48. The maximum absolute atomic E-state index is 10.9. The molecular formula is C11H16O5. The lowest BCUT2D eigenvalue weighted by Crippen LogP contribution is -2.48. The molecule has 0 spiro atoms. The lowest BCUT2D eigenvalue weighted by Gasteiger charge is -2.46. The van der Waals surface area contributed by atoms with Gasteiger partial charge in [0.25, 0.3) is 0 Å². The zero-order chi connectivity index (χ0) is 11.9. The van der Waals surface area contributed by atoms with Crippen molar-refractivity contribution in [3.63, 3.8) is 0 Å². The second-order valence-corrected chi connectivity index (χ2v) is 5.24. The van der Waals surface area contributed by atoms with E-state index in [2.05, 4.69) is 0 Å². The number of carboxylic acid groups (broad SMARTS) is 2. The first kappa shape index (κ1) is 11.4. The predicted octanol–water partition coefficient (Wildman–Crippen LogP) is 0.713. The molecule has 2 bridgehead atoms. The lowest BCUT2D eigenvalue weighted by molar-refractivity contribution is -0.159. The van der Waals surface area contributed by atoms with E-state index in [9.17, 15) is 14.7 Å². The van der Waals surface area contributed by atoms with Crippen LogP contribution in [0, 0.1) is 17.8 Å². The molecule has 0 heterocycles. The number of carbonyl (C=O) groups is 2. The van der Waals surface area contributed by atoms with Crippen molar-refractivity contribution in [2.45, 2.75) is 37.7 Å². The molecule has 2 rings (SSSR count). The van der Waals surface area contributed by atoms with E-state index in [1.165, 1.54) is 0 Å². The van der Waals surface area contributed by atoms with Crippen LogP contribution >= 0.6 is 0 Å². The molecule has 2 saturated carbocycles. The Morgan fingerprint density at radius 1 is 0.938 bits per heavy atom. The molecule has 16 heavy (non-hydrogen) atoms. The van der Waals surface area contributed by atoms with Gasteiger partial charge in [0.1, 0.15) is 0 Å². The third-order valence-corrected chi connectivity index (χ3v) is 3.86. The van der Waals surface area contributed by atoms with Gasteiger partial charge in [0, 0.05) is 0 Å². The fourth-order valence-electron chi connectivity index (χ4n) is 3.32.